The smallest absolute Gasteiger partial charge is 0.336 e. The average Bonchev–Trinajstić information content (AvgIpc) is 3.49. The third kappa shape index (κ3) is 6.73. The fourth-order valence-corrected chi connectivity index (χ4v) is 4.78. The van der Waals surface area contributed by atoms with Crippen LogP contribution in [0, 0.1) is 0 Å². The molecule has 4 aromatic rings. The zero-order chi connectivity index (χ0) is 29.9. The summed E-state index contributed by atoms with van der Waals surface area (Å²) in [6, 6.07) is 15.7. The molecule has 1 aliphatic rings. The molecule has 1 unspecified atom stereocenters. The van der Waals surface area contributed by atoms with Crippen molar-refractivity contribution in [3.63, 3.8) is 0 Å². The molecule has 12 heteroatoms. The summed E-state index contributed by atoms with van der Waals surface area (Å²) in [5, 5.41) is 38.8. The quantitative estimate of drug-likeness (QED) is 0.209. The normalized spacial score (nSPS) is 14.8. The van der Waals surface area contributed by atoms with Crippen LogP contribution in [0.3, 0.4) is 0 Å². The Morgan fingerprint density at radius 1 is 0.951 bits per heavy atom. The Morgan fingerprint density at radius 3 is 2.24 bits per heavy atom. The number of nitrogens with zero attached hydrogens (tertiary/aromatic N) is 1. The second-order valence-corrected chi connectivity index (χ2v) is 10.2. The molecule has 0 bridgehead atoms. The number of likely N-dealkylation sites (N-methyl/N-ethyl adjacent to an activating group) is 1. The lowest BCUT2D eigenvalue weighted by molar-refractivity contribution is -0.170. The number of carboxylic acids is 3. The van der Waals surface area contributed by atoms with Gasteiger partial charge in [0, 0.05) is 34.5 Å². The van der Waals surface area contributed by atoms with Crippen molar-refractivity contribution in [1.29, 1.82) is 0 Å². The van der Waals surface area contributed by atoms with E-state index < -0.39 is 36.4 Å². The van der Waals surface area contributed by atoms with E-state index in [1.54, 1.807) is 6.07 Å². The van der Waals surface area contributed by atoms with Crippen LogP contribution in [0.25, 0.3) is 21.9 Å². The SMILES string of the molecule is CN(C)C1CCc2oc3ccc(NC(=O)c4cc5ccccc5o4)cc3c2C1.O=C(O)CC(O)(CC(=O)O)C(=O)O. The van der Waals surface area contributed by atoms with Crippen LogP contribution >= 0.6 is 0 Å². The summed E-state index contributed by atoms with van der Waals surface area (Å²) in [4.78, 5) is 45.4. The van der Waals surface area contributed by atoms with Crippen LogP contribution in [-0.4, -0.2) is 74.9 Å². The largest absolute Gasteiger partial charge is 0.481 e. The monoisotopic (exact) mass is 566 g/mol. The number of carbonyl (C=O) groups excluding carboxylic acids is 1. The van der Waals surface area contributed by atoms with Crippen LogP contribution in [-0.2, 0) is 27.2 Å². The molecule has 2 aromatic carbocycles. The molecule has 2 aromatic heterocycles. The highest BCUT2D eigenvalue weighted by molar-refractivity contribution is 6.05. The third-order valence-electron chi connectivity index (χ3n) is 6.94. The predicted octanol–water partition coefficient (Wildman–Crippen LogP) is 3.60. The zero-order valence-electron chi connectivity index (χ0n) is 22.4. The number of amides is 1. The first-order valence-electron chi connectivity index (χ1n) is 12.8. The van der Waals surface area contributed by atoms with Crippen LogP contribution in [0.1, 0.15) is 41.1 Å². The Balaban J connectivity index is 0.000000254. The van der Waals surface area contributed by atoms with Crippen molar-refractivity contribution < 1.29 is 48.4 Å². The highest BCUT2D eigenvalue weighted by Gasteiger charge is 2.40. The van der Waals surface area contributed by atoms with Crippen LogP contribution in [0.2, 0.25) is 0 Å². The fraction of sp³-hybridized carbons (Fsp3) is 0.310. The molecule has 0 fully saturated rings. The Hall–Kier alpha value is -4.68. The van der Waals surface area contributed by atoms with Gasteiger partial charge in [-0.05, 0) is 57.3 Å². The molecule has 12 nitrogen and oxygen atoms in total. The van der Waals surface area contributed by atoms with Gasteiger partial charge in [0.2, 0.25) is 0 Å². The number of hydrogen-bond donors (Lipinski definition) is 5. The van der Waals surface area contributed by atoms with E-state index in [4.69, 9.17) is 29.3 Å². The highest BCUT2D eigenvalue weighted by atomic mass is 16.4. The van der Waals surface area contributed by atoms with Crippen LogP contribution in [0.5, 0.6) is 0 Å². The number of carbonyl (C=O) groups is 4. The van der Waals surface area contributed by atoms with Crippen LogP contribution < -0.4 is 5.32 Å². The fourth-order valence-electron chi connectivity index (χ4n) is 4.78. The van der Waals surface area contributed by atoms with Crippen LogP contribution in [0.4, 0.5) is 5.69 Å². The summed E-state index contributed by atoms with van der Waals surface area (Å²) in [5.41, 5.74) is 0.860. The molecule has 0 saturated carbocycles. The lowest BCUT2D eigenvalue weighted by Crippen LogP contribution is -2.42. The minimum atomic E-state index is -2.74. The third-order valence-corrected chi connectivity index (χ3v) is 6.94. The molecule has 5 N–H and O–H groups in total. The number of fused-ring (bicyclic) bond motifs is 4. The van der Waals surface area contributed by atoms with Gasteiger partial charge in [-0.3, -0.25) is 14.4 Å². The van der Waals surface area contributed by atoms with Crippen molar-refractivity contribution in [2.24, 2.45) is 0 Å². The molecule has 0 aliphatic heterocycles. The second-order valence-electron chi connectivity index (χ2n) is 10.2. The summed E-state index contributed by atoms with van der Waals surface area (Å²) in [6.07, 6.45) is 0.739. The molecule has 0 saturated heterocycles. The van der Waals surface area contributed by atoms with Gasteiger partial charge in [0.05, 0.1) is 12.8 Å². The number of carboxylic acid groups (broad SMARTS) is 3. The number of furan rings is 2. The molecule has 1 atom stereocenters. The van der Waals surface area contributed by atoms with Gasteiger partial charge in [-0.25, -0.2) is 4.79 Å². The molecule has 216 valence electrons. The minimum absolute atomic E-state index is 0.251. The first-order chi connectivity index (χ1) is 19.4. The summed E-state index contributed by atoms with van der Waals surface area (Å²) in [5.74, 6) is -3.88. The van der Waals surface area contributed by atoms with E-state index >= 15 is 0 Å². The number of anilines is 1. The predicted molar refractivity (Wildman–Crippen MR) is 147 cm³/mol. The molecular weight excluding hydrogens is 536 g/mol. The van der Waals surface area contributed by atoms with Crippen molar-refractivity contribution in [1.82, 2.24) is 4.90 Å². The van der Waals surface area contributed by atoms with E-state index in [1.165, 1.54) is 5.56 Å². The maximum atomic E-state index is 12.7. The summed E-state index contributed by atoms with van der Waals surface area (Å²) in [7, 11) is 4.24. The Morgan fingerprint density at radius 2 is 1.63 bits per heavy atom. The number of nitrogens with one attached hydrogen (secondary N) is 1. The number of aliphatic hydroxyl groups is 1. The molecule has 1 aliphatic carbocycles. The van der Waals surface area contributed by atoms with Gasteiger partial charge in [-0.15, -0.1) is 0 Å². The van der Waals surface area contributed by atoms with E-state index in [9.17, 15) is 19.2 Å². The van der Waals surface area contributed by atoms with Crippen molar-refractivity contribution >= 4 is 51.4 Å². The summed E-state index contributed by atoms with van der Waals surface area (Å²) >= 11 is 0. The van der Waals surface area contributed by atoms with E-state index in [1.807, 2.05) is 42.5 Å². The van der Waals surface area contributed by atoms with Gasteiger partial charge < -0.3 is 39.5 Å². The molecule has 0 spiro atoms. The van der Waals surface area contributed by atoms with E-state index in [2.05, 4.69) is 24.3 Å². The lowest BCUT2D eigenvalue weighted by Gasteiger charge is -2.27. The molecular formula is C29H30N2O10. The molecule has 41 heavy (non-hydrogen) atoms. The highest BCUT2D eigenvalue weighted by Crippen LogP contribution is 2.34. The van der Waals surface area contributed by atoms with Gasteiger partial charge >= 0.3 is 17.9 Å². The number of hydrogen-bond acceptors (Lipinski definition) is 8. The van der Waals surface area contributed by atoms with Gasteiger partial charge in [-0.2, -0.15) is 0 Å². The van der Waals surface area contributed by atoms with Gasteiger partial charge in [0.25, 0.3) is 5.91 Å². The van der Waals surface area contributed by atoms with E-state index in [-0.39, 0.29) is 5.91 Å². The van der Waals surface area contributed by atoms with E-state index in [0.29, 0.717) is 17.4 Å². The van der Waals surface area contributed by atoms with Crippen molar-refractivity contribution in [3.05, 3.63) is 65.6 Å². The maximum Gasteiger partial charge on any atom is 0.336 e. The number of para-hydroxylation sites is 1. The molecule has 0 radical (unpaired) electrons. The molecule has 1 amide bonds. The van der Waals surface area contributed by atoms with Gasteiger partial charge in [0.15, 0.2) is 11.4 Å². The lowest BCUT2D eigenvalue weighted by atomic mass is 9.91. The first-order valence-corrected chi connectivity index (χ1v) is 12.8. The molecule has 2 heterocycles. The van der Waals surface area contributed by atoms with E-state index in [0.717, 1.165) is 47.1 Å². The molecule has 5 rings (SSSR count). The average molecular weight is 567 g/mol. The Kier molecular flexibility index (Phi) is 8.45. The summed E-state index contributed by atoms with van der Waals surface area (Å²) in [6.45, 7) is 0. The number of aliphatic carboxylic acids is 3. The number of benzene rings is 2. The zero-order valence-corrected chi connectivity index (χ0v) is 22.4. The first kappa shape index (κ1) is 29.3. The topological polar surface area (TPSA) is 191 Å². The van der Waals surface area contributed by atoms with Gasteiger partial charge in [0.1, 0.15) is 16.9 Å². The van der Waals surface area contributed by atoms with Gasteiger partial charge in [-0.1, -0.05) is 18.2 Å². The number of aryl methyl sites for hydroxylation is 1. The maximum absolute atomic E-state index is 12.7. The standard InChI is InChI=1S/C23H22N2O3.C6H8O7/c1-25(2)16-8-10-21-18(13-16)17-12-15(7-9-20(17)28-21)24-23(26)22-11-14-5-3-4-6-19(14)27-22;7-3(8)1-6(13,5(11)12)2-4(9)10/h3-7,9,11-12,16H,8,10,13H2,1-2H3,(H,24,26);13H,1-2H2,(H,7,8)(H,9,10)(H,11,12). The van der Waals surface area contributed by atoms with Crippen molar-refractivity contribution in [2.45, 2.75) is 43.7 Å². The number of rotatable bonds is 8. The van der Waals surface area contributed by atoms with Crippen molar-refractivity contribution in [2.75, 3.05) is 19.4 Å². The second kappa shape index (κ2) is 11.8. The minimum Gasteiger partial charge on any atom is -0.481 e. The summed E-state index contributed by atoms with van der Waals surface area (Å²) < 4.78 is 11.7. The van der Waals surface area contributed by atoms with Crippen LogP contribution in [0.15, 0.2) is 57.4 Å². The Labute approximate surface area is 233 Å². The van der Waals surface area contributed by atoms with Crippen molar-refractivity contribution in [3.8, 4) is 0 Å². The Bertz CT molecular complexity index is 1570.